The van der Waals surface area contributed by atoms with Gasteiger partial charge in [-0.05, 0) is 24.3 Å². The molecule has 1 aromatic heterocycles. The highest BCUT2D eigenvalue weighted by molar-refractivity contribution is 5.37. The summed E-state index contributed by atoms with van der Waals surface area (Å²) in [5.74, 6) is 0.843. The average Bonchev–Trinajstić information content (AvgIpc) is 2.89. The molecule has 17 heavy (non-hydrogen) atoms. The van der Waals surface area contributed by atoms with Crippen LogP contribution in [0.25, 0.3) is 5.69 Å². The van der Waals surface area contributed by atoms with Crippen molar-refractivity contribution in [1.29, 1.82) is 0 Å². The molecular weight excluding hydrogens is 214 g/mol. The number of nitrogens with zero attached hydrogens (tertiary/aromatic N) is 2. The molecule has 1 aromatic carbocycles. The van der Waals surface area contributed by atoms with Crippen LogP contribution in [0.1, 0.15) is 0 Å². The number of hydrogen-bond acceptors (Lipinski definition) is 3. The van der Waals surface area contributed by atoms with Crippen LogP contribution >= 0.6 is 0 Å². The van der Waals surface area contributed by atoms with E-state index in [0.717, 1.165) is 11.4 Å². The molecule has 2 aromatic rings. The fourth-order valence-electron chi connectivity index (χ4n) is 1.43. The van der Waals surface area contributed by atoms with Gasteiger partial charge in [0, 0.05) is 24.6 Å². The van der Waals surface area contributed by atoms with Crippen LogP contribution in [0.3, 0.4) is 0 Å². The summed E-state index contributed by atoms with van der Waals surface area (Å²) < 4.78 is 7.46. The molecule has 0 aliphatic carbocycles. The van der Waals surface area contributed by atoms with E-state index in [1.54, 1.807) is 12.5 Å². The smallest absolute Gasteiger partial charge is 0.119 e. The van der Waals surface area contributed by atoms with Crippen molar-refractivity contribution < 1.29 is 4.74 Å². The third kappa shape index (κ3) is 3.19. The molecule has 0 unspecified atom stereocenters. The van der Waals surface area contributed by atoms with Crippen molar-refractivity contribution >= 4 is 0 Å². The van der Waals surface area contributed by atoms with E-state index in [9.17, 15) is 0 Å². The van der Waals surface area contributed by atoms with Gasteiger partial charge in [-0.25, -0.2) is 4.98 Å². The summed E-state index contributed by atoms with van der Waals surface area (Å²) >= 11 is 0. The standard InChI is InChI=1S/C13H15N3O/c14-7-1-2-10-17-13-5-3-12(4-6-13)16-9-8-15-11-16/h1-6,8-9,11H,7,10,14H2. The van der Waals surface area contributed by atoms with Crippen LogP contribution < -0.4 is 10.5 Å². The fourth-order valence-corrected chi connectivity index (χ4v) is 1.43. The largest absolute Gasteiger partial charge is 0.490 e. The van der Waals surface area contributed by atoms with Crippen molar-refractivity contribution in [3.8, 4) is 11.4 Å². The molecule has 4 heteroatoms. The van der Waals surface area contributed by atoms with Crippen LogP contribution in [0.2, 0.25) is 0 Å². The third-order valence-electron chi connectivity index (χ3n) is 2.29. The first-order valence-electron chi connectivity index (χ1n) is 5.46. The highest BCUT2D eigenvalue weighted by Crippen LogP contribution is 2.14. The summed E-state index contributed by atoms with van der Waals surface area (Å²) in [7, 11) is 0. The first kappa shape index (κ1) is 11.4. The quantitative estimate of drug-likeness (QED) is 0.795. The van der Waals surface area contributed by atoms with Crippen molar-refractivity contribution in [1.82, 2.24) is 9.55 Å². The fraction of sp³-hybridized carbons (Fsp3) is 0.154. The molecule has 0 amide bonds. The monoisotopic (exact) mass is 229 g/mol. The first-order valence-corrected chi connectivity index (χ1v) is 5.46. The zero-order valence-corrected chi connectivity index (χ0v) is 9.49. The highest BCUT2D eigenvalue weighted by Gasteiger charge is 1.96. The molecule has 0 bridgehead atoms. The lowest BCUT2D eigenvalue weighted by molar-refractivity contribution is 0.362. The van der Waals surface area contributed by atoms with E-state index in [1.807, 2.05) is 47.2 Å². The van der Waals surface area contributed by atoms with Crippen LogP contribution in [0.15, 0.2) is 55.1 Å². The Morgan fingerprint density at radius 3 is 2.71 bits per heavy atom. The molecule has 0 saturated carbocycles. The van der Waals surface area contributed by atoms with Gasteiger partial charge in [0.15, 0.2) is 0 Å². The van der Waals surface area contributed by atoms with Crippen LogP contribution in [0.5, 0.6) is 5.75 Å². The number of benzene rings is 1. The molecule has 0 atom stereocenters. The Labute approximate surface area is 100 Å². The van der Waals surface area contributed by atoms with E-state index in [4.69, 9.17) is 10.5 Å². The van der Waals surface area contributed by atoms with Gasteiger partial charge in [-0.15, -0.1) is 0 Å². The zero-order chi connectivity index (χ0) is 11.9. The van der Waals surface area contributed by atoms with Gasteiger partial charge < -0.3 is 15.0 Å². The molecule has 2 N–H and O–H groups in total. The van der Waals surface area contributed by atoms with E-state index in [-0.39, 0.29) is 0 Å². The topological polar surface area (TPSA) is 53.1 Å². The Morgan fingerprint density at radius 2 is 2.06 bits per heavy atom. The van der Waals surface area contributed by atoms with Gasteiger partial charge in [0.1, 0.15) is 12.4 Å². The van der Waals surface area contributed by atoms with Crippen molar-refractivity contribution in [2.24, 2.45) is 5.73 Å². The lowest BCUT2D eigenvalue weighted by atomic mass is 10.3. The second-order valence-corrected chi connectivity index (χ2v) is 3.48. The Hall–Kier alpha value is -2.07. The average molecular weight is 229 g/mol. The van der Waals surface area contributed by atoms with Gasteiger partial charge in [0.05, 0.1) is 6.33 Å². The third-order valence-corrected chi connectivity index (χ3v) is 2.29. The summed E-state index contributed by atoms with van der Waals surface area (Å²) in [5, 5.41) is 0. The number of rotatable bonds is 5. The second kappa shape index (κ2) is 5.86. The molecule has 0 radical (unpaired) electrons. The van der Waals surface area contributed by atoms with E-state index in [2.05, 4.69) is 4.98 Å². The lowest BCUT2D eigenvalue weighted by Crippen LogP contribution is -1.97. The van der Waals surface area contributed by atoms with E-state index in [0.29, 0.717) is 13.2 Å². The number of imidazole rings is 1. The van der Waals surface area contributed by atoms with Gasteiger partial charge in [-0.1, -0.05) is 12.2 Å². The highest BCUT2D eigenvalue weighted by atomic mass is 16.5. The SMILES string of the molecule is NCC=CCOc1ccc(-n2ccnc2)cc1. The molecule has 1 heterocycles. The van der Waals surface area contributed by atoms with Crippen molar-refractivity contribution in [2.45, 2.75) is 0 Å². The van der Waals surface area contributed by atoms with Crippen molar-refractivity contribution in [3.05, 3.63) is 55.1 Å². The molecular formula is C13H15N3O. The first-order chi connectivity index (χ1) is 8.40. The maximum atomic E-state index is 5.51. The van der Waals surface area contributed by atoms with Gasteiger partial charge in [-0.3, -0.25) is 0 Å². The number of nitrogens with two attached hydrogens (primary N) is 1. The number of aromatic nitrogens is 2. The molecule has 0 saturated heterocycles. The second-order valence-electron chi connectivity index (χ2n) is 3.48. The molecule has 88 valence electrons. The van der Waals surface area contributed by atoms with Crippen LogP contribution in [0, 0.1) is 0 Å². The molecule has 2 rings (SSSR count). The maximum Gasteiger partial charge on any atom is 0.119 e. The molecule has 0 fully saturated rings. The number of hydrogen-bond donors (Lipinski definition) is 1. The predicted octanol–water partition coefficient (Wildman–Crippen LogP) is 1.77. The minimum Gasteiger partial charge on any atom is -0.490 e. The van der Waals surface area contributed by atoms with Crippen LogP contribution in [0.4, 0.5) is 0 Å². The van der Waals surface area contributed by atoms with E-state index < -0.39 is 0 Å². The Bertz CT molecular complexity index is 460. The van der Waals surface area contributed by atoms with Crippen molar-refractivity contribution in [2.75, 3.05) is 13.2 Å². The summed E-state index contributed by atoms with van der Waals surface area (Å²) in [4.78, 5) is 4.00. The summed E-state index contributed by atoms with van der Waals surface area (Å²) in [6.07, 6.45) is 9.20. The molecule has 0 spiro atoms. The molecule has 0 aliphatic rings. The summed E-state index contributed by atoms with van der Waals surface area (Å²) in [5.41, 5.74) is 6.39. The summed E-state index contributed by atoms with van der Waals surface area (Å²) in [6.45, 7) is 1.09. The Kier molecular flexibility index (Phi) is 3.94. The number of ether oxygens (including phenoxy) is 1. The normalized spacial score (nSPS) is 10.9. The van der Waals surface area contributed by atoms with Gasteiger partial charge in [0.2, 0.25) is 0 Å². The Morgan fingerprint density at radius 1 is 1.24 bits per heavy atom. The summed E-state index contributed by atoms with van der Waals surface area (Å²) in [6, 6.07) is 7.85. The van der Waals surface area contributed by atoms with Crippen molar-refractivity contribution in [3.63, 3.8) is 0 Å². The zero-order valence-electron chi connectivity index (χ0n) is 9.49. The van der Waals surface area contributed by atoms with Gasteiger partial charge >= 0.3 is 0 Å². The molecule has 4 nitrogen and oxygen atoms in total. The van der Waals surface area contributed by atoms with E-state index in [1.165, 1.54) is 0 Å². The maximum absolute atomic E-state index is 5.51. The molecule has 0 aliphatic heterocycles. The minimum atomic E-state index is 0.543. The van der Waals surface area contributed by atoms with E-state index >= 15 is 0 Å². The van der Waals surface area contributed by atoms with Gasteiger partial charge in [-0.2, -0.15) is 0 Å². The minimum absolute atomic E-state index is 0.543. The van der Waals surface area contributed by atoms with Crippen LogP contribution in [-0.4, -0.2) is 22.7 Å². The predicted molar refractivity (Wildman–Crippen MR) is 67.3 cm³/mol. The van der Waals surface area contributed by atoms with Crippen LogP contribution in [-0.2, 0) is 0 Å². The Balaban J connectivity index is 1.96. The lowest BCUT2D eigenvalue weighted by Gasteiger charge is -2.05. The van der Waals surface area contributed by atoms with Gasteiger partial charge in [0.25, 0.3) is 0 Å².